The van der Waals surface area contributed by atoms with E-state index in [2.05, 4.69) is 10.5 Å². The second kappa shape index (κ2) is 6.91. The fraction of sp³-hybridized carbons (Fsp3) is 0.125. The number of hydrogen-bond acceptors (Lipinski definition) is 3. The molecule has 0 radical (unpaired) electrons. The van der Waals surface area contributed by atoms with Crippen LogP contribution in [0.4, 0.5) is 0 Å². The smallest absolute Gasteiger partial charge is 0.267 e. The van der Waals surface area contributed by atoms with Crippen molar-refractivity contribution in [3.8, 4) is 0 Å². The summed E-state index contributed by atoms with van der Waals surface area (Å²) in [6.45, 7) is 1.98. The van der Waals surface area contributed by atoms with Crippen molar-refractivity contribution in [3.63, 3.8) is 0 Å². The fourth-order valence-corrected chi connectivity index (χ4v) is 2.13. The Balaban J connectivity index is 1.98. The molecule has 2 aromatic rings. The number of benzene rings is 2. The van der Waals surface area contributed by atoms with Crippen molar-refractivity contribution in [1.82, 2.24) is 5.43 Å². The van der Waals surface area contributed by atoms with Crippen LogP contribution in [0.1, 0.15) is 21.5 Å². The quantitative estimate of drug-likeness (QED) is 0.530. The predicted molar refractivity (Wildman–Crippen MR) is 84.5 cm³/mol. The number of hydrazone groups is 1. The minimum Gasteiger partial charge on any atom is -0.267 e. The molecule has 0 aliphatic rings. The van der Waals surface area contributed by atoms with Gasteiger partial charge in [0.1, 0.15) is 0 Å². The van der Waals surface area contributed by atoms with Gasteiger partial charge >= 0.3 is 0 Å². The molecule has 0 saturated heterocycles. The van der Waals surface area contributed by atoms with Crippen LogP contribution < -0.4 is 5.43 Å². The van der Waals surface area contributed by atoms with E-state index in [1.807, 2.05) is 49.6 Å². The minimum atomic E-state index is -0.206. The molecule has 4 heteroatoms. The standard InChI is InChI=1S/C16H16N2OS/c1-12-6-8-14(9-7-12)16(19)18-17-11-13-4-3-5-15(10-13)20-2/h3-11H,1-2H3,(H,18,19)/b17-11+. The van der Waals surface area contributed by atoms with Gasteiger partial charge in [0.25, 0.3) is 5.91 Å². The first-order valence-electron chi connectivity index (χ1n) is 6.23. The zero-order valence-corrected chi connectivity index (χ0v) is 12.3. The van der Waals surface area contributed by atoms with Crippen LogP contribution in [0.25, 0.3) is 0 Å². The lowest BCUT2D eigenvalue weighted by atomic mass is 10.1. The normalized spacial score (nSPS) is 10.7. The number of amides is 1. The molecule has 1 N–H and O–H groups in total. The van der Waals surface area contributed by atoms with Crippen LogP contribution in [0.5, 0.6) is 0 Å². The Hall–Kier alpha value is -2.07. The van der Waals surface area contributed by atoms with E-state index in [1.54, 1.807) is 30.1 Å². The van der Waals surface area contributed by atoms with Gasteiger partial charge < -0.3 is 0 Å². The van der Waals surface area contributed by atoms with Gasteiger partial charge in [0.15, 0.2) is 0 Å². The molecule has 0 heterocycles. The largest absolute Gasteiger partial charge is 0.271 e. The summed E-state index contributed by atoms with van der Waals surface area (Å²) in [4.78, 5) is 13.0. The molecular formula is C16H16N2OS. The SMILES string of the molecule is CSc1cccc(/C=N/NC(=O)c2ccc(C)cc2)c1. The van der Waals surface area contributed by atoms with Crippen molar-refractivity contribution in [2.75, 3.05) is 6.26 Å². The predicted octanol–water partition coefficient (Wildman–Crippen LogP) is 3.48. The van der Waals surface area contributed by atoms with E-state index in [-0.39, 0.29) is 5.91 Å². The topological polar surface area (TPSA) is 41.5 Å². The lowest BCUT2D eigenvalue weighted by molar-refractivity contribution is 0.0955. The first-order chi connectivity index (χ1) is 9.69. The number of carbonyl (C=O) groups excluding carboxylic acids is 1. The maximum absolute atomic E-state index is 11.8. The Kier molecular flexibility index (Phi) is 4.96. The van der Waals surface area contributed by atoms with Crippen molar-refractivity contribution < 1.29 is 4.79 Å². The maximum Gasteiger partial charge on any atom is 0.271 e. The van der Waals surface area contributed by atoms with E-state index in [1.165, 1.54) is 4.90 Å². The van der Waals surface area contributed by atoms with E-state index in [0.29, 0.717) is 5.56 Å². The summed E-state index contributed by atoms with van der Waals surface area (Å²) < 4.78 is 0. The molecule has 3 nitrogen and oxygen atoms in total. The van der Waals surface area contributed by atoms with Crippen molar-refractivity contribution in [1.29, 1.82) is 0 Å². The lowest BCUT2D eigenvalue weighted by Gasteiger charge is -2.01. The van der Waals surface area contributed by atoms with Gasteiger partial charge in [0.05, 0.1) is 6.21 Å². The Morgan fingerprint density at radius 1 is 1.20 bits per heavy atom. The fourth-order valence-electron chi connectivity index (χ4n) is 1.66. The van der Waals surface area contributed by atoms with Crippen LogP contribution in [0.2, 0.25) is 0 Å². The summed E-state index contributed by atoms with van der Waals surface area (Å²) >= 11 is 1.67. The third-order valence-electron chi connectivity index (χ3n) is 2.79. The highest BCUT2D eigenvalue weighted by atomic mass is 32.2. The highest BCUT2D eigenvalue weighted by molar-refractivity contribution is 7.98. The molecule has 20 heavy (non-hydrogen) atoms. The Labute approximate surface area is 123 Å². The van der Waals surface area contributed by atoms with Crippen molar-refractivity contribution in [3.05, 3.63) is 65.2 Å². The van der Waals surface area contributed by atoms with Crippen molar-refractivity contribution >= 4 is 23.9 Å². The van der Waals surface area contributed by atoms with Gasteiger partial charge in [0, 0.05) is 10.5 Å². The van der Waals surface area contributed by atoms with E-state index in [4.69, 9.17) is 0 Å². The number of nitrogens with zero attached hydrogens (tertiary/aromatic N) is 1. The van der Waals surface area contributed by atoms with Crippen LogP contribution in [0.3, 0.4) is 0 Å². The van der Waals surface area contributed by atoms with Gasteiger partial charge in [-0.1, -0.05) is 29.8 Å². The molecule has 0 aliphatic heterocycles. The van der Waals surface area contributed by atoms with Crippen molar-refractivity contribution in [2.45, 2.75) is 11.8 Å². The molecule has 0 aliphatic carbocycles. The number of aryl methyl sites for hydroxylation is 1. The average Bonchev–Trinajstić information content (AvgIpc) is 2.48. The third-order valence-corrected chi connectivity index (χ3v) is 3.51. The number of carbonyl (C=O) groups is 1. The van der Waals surface area contributed by atoms with Gasteiger partial charge in [-0.2, -0.15) is 5.10 Å². The summed E-state index contributed by atoms with van der Waals surface area (Å²) in [5.41, 5.74) is 5.21. The van der Waals surface area contributed by atoms with E-state index < -0.39 is 0 Å². The molecule has 0 aromatic heterocycles. The van der Waals surface area contributed by atoms with Gasteiger partial charge in [0.2, 0.25) is 0 Å². The summed E-state index contributed by atoms with van der Waals surface area (Å²) in [6, 6.07) is 15.3. The molecule has 0 spiro atoms. The molecule has 0 atom stereocenters. The first-order valence-corrected chi connectivity index (χ1v) is 7.45. The van der Waals surface area contributed by atoms with Gasteiger partial charge in [-0.15, -0.1) is 11.8 Å². The lowest BCUT2D eigenvalue weighted by Crippen LogP contribution is -2.17. The molecule has 0 bridgehead atoms. The van der Waals surface area contributed by atoms with Crippen molar-refractivity contribution in [2.24, 2.45) is 5.10 Å². The molecule has 1 amide bonds. The van der Waals surface area contributed by atoms with Gasteiger partial charge in [-0.05, 0) is 43.0 Å². The first kappa shape index (κ1) is 14.3. The minimum absolute atomic E-state index is 0.206. The van der Waals surface area contributed by atoms with E-state index >= 15 is 0 Å². The Morgan fingerprint density at radius 3 is 2.65 bits per heavy atom. The zero-order chi connectivity index (χ0) is 14.4. The van der Waals surface area contributed by atoms with Crippen LogP contribution in [0.15, 0.2) is 58.5 Å². The summed E-state index contributed by atoms with van der Waals surface area (Å²) in [5, 5.41) is 3.98. The molecule has 2 aromatic carbocycles. The van der Waals surface area contributed by atoms with Crippen LogP contribution >= 0.6 is 11.8 Å². The highest BCUT2D eigenvalue weighted by Gasteiger charge is 2.02. The maximum atomic E-state index is 11.8. The average molecular weight is 284 g/mol. The van der Waals surface area contributed by atoms with Crippen LogP contribution in [0, 0.1) is 6.92 Å². The Bertz CT molecular complexity index is 621. The van der Waals surface area contributed by atoms with Gasteiger partial charge in [-0.3, -0.25) is 4.79 Å². The highest BCUT2D eigenvalue weighted by Crippen LogP contribution is 2.14. The second-order valence-electron chi connectivity index (χ2n) is 4.34. The van der Waals surface area contributed by atoms with Crippen LogP contribution in [-0.2, 0) is 0 Å². The molecular weight excluding hydrogens is 268 g/mol. The summed E-state index contributed by atoms with van der Waals surface area (Å²) in [5.74, 6) is -0.206. The number of hydrogen-bond donors (Lipinski definition) is 1. The summed E-state index contributed by atoms with van der Waals surface area (Å²) in [7, 11) is 0. The Morgan fingerprint density at radius 2 is 1.95 bits per heavy atom. The monoisotopic (exact) mass is 284 g/mol. The molecule has 2 rings (SSSR count). The third kappa shape index (κ3) is 3.96. The van der Waals surface area contributed by atoms with Crippen LogP contribution in [-0.4, -0.2) is 18.4 Å². The number of rotatable bonds is 4. The number of nitrogens with one attached hydrogen (secondary N) is 1. The second-order valence-corrected chi connectivity index (χ2v) is 5.22. The zero-order valence-electron chi connectivity index (χ0n) is 11.5. The number of thioether (sulfide) groups is 1. The molecule has 102 valence electrons. The molecule has 0 saturated carbocycles. The van der Waals surface area contributed by atoms with Gasteiger partial charge in [-0.25, -0.2) is 5.43 Å². The molecule has 0 unspecified atom stereocenters. The van der Waals surface area contributed by atoms with E-state index in [9.17, 15) is 4.79 Å². The van der Waals surface area contributed by atoms with E-state index in [0.717, 1.165) is 11.1 Å². The summed E-state index contributed by atoms with van der Waals surface area (Å²) in [6.07, 6.45) is 3.67. The molecule has 0 fully saturated rings.